The number of halogens is 2. The Kier molecular flexibility index (Phi) is 3.50. The van der Waals surface area contributed by atoms with E-state index in [4.69, 9.17) is 5.11 Å². The summed E-state index contributed by atoms with van der Waals surface area (Å²) < 4.78 is 27.0. The maximum absolute atomic E-state index is 13.6. The van der Waals surface area contributed by atoms with Gasteiger partial charge in [-0.3, -0.25) is 0 Å². The average Bonchev–Trinajstić information content (AvgIpc) is 3.14. The van der Waals surface area contributed by atoms with Crippen molar-refractivity contribution in [2.45, 2.75) is 19.8 Å². The third-order valence-corrected chi connectivity index (χ3v) is 3.35. The molecule has 0 saturated heterocycles. The largest absolute Gasteiger partial charge is 0.478 e. The van der Waals surface area contributed by atoms with Gasteiger partial charge in [0.2, 0.25) is 0 Å². The summed E-state index contributed by atoms with van der Waals surface area (Å²) in [5.41, 5.74) is -0.627. The Bertz CT molecular complexity index is 472. The summed E-state index contributed by atoms with van der Waals surface area (Å²) in [5, 5.41) is 11.5. The fourth-order valence-electron chi connectivity index (χ4n) is 1.95. The van der Waals surface area contributed by atoms with Gasteiger partial charge in [-0.2, -0.15) is 0 Å². The number of hydrogen-bond donors (Lipinski definition) is 2. The molecule has 1 fully saturated rings. The molecule has 2 N–H and O–H groups in total. The summed E-state index contributed by atoms with van der Waals surface area (Å²) in [4.78, 5) is 10.6. The number of benzene rings is 1. The van der Waals surface area contributed by atoms with E-state index in [0.29, 0.717) is 18.4 Å². The molecule has 1 saturated carbocycles. The van der Waals surface area contributed by atoms with Gasteiger partial charge in [0.1, 0.15) is 0 Å². The molecule has 2 rings (SSSR count). The number of anilines is 1. The van der Waals surface area contributed by atoms with Gasteiger partial charge in [-0.25, -0.2) is 13.6 Å². The number of carboxylic acids is 1. The maximum Gasteiger partial charge on any atom is 0.338 e. The van der Waals surface area contributed by atoms with Crippen molar-refractivity contribution in [2.75, 3.05) is 11.9 Å². The molecule has 0 radical (unpaired) electrons. The van der Waals surface area contributed by atoms with Crippen molar-refractivity contribution in [1.82, 2.24) is 0 Å². The van der Waals surface area contributed by atoms with Crippen LogP contribution in [0.2, 0.25) is 0 Å². The molecule has 3 nitrogen and oxygen atoms in total. The van der Waals surface area contributed by atoms with Crippen LogP contribution in [0.3, 0.4) is 0 Å². The quantitative estimate of drug-likeness (QED) is 0.849. The highest BCUT2D eigenvalue weighted by molar-refractivity contribution is 5.88. The van der Waals surface area contributed by atoms with E-state index in [-0.39, 0.29) is 5.69 Å². The van der Waals surface area contributed by atoms with Crippen molar-refractivity contribution < 1.29 is 18.7 Å². The lowest BCUT2D eigenvalue weighted by Gasteiger charge is -2.13. The Hall–Kier alpha value is -1.65. The predicted molar refractivity (Wildman–Crippen MR) is 63.7 cm³/mol. The van der Waals surface area contributed by atoms with Crippen LogP contribution in [0.5, 0.6) is 0 Å². The third kappa shape index (κ3) is 2.60. The van der Waals surface area contributed by atoms with Gasteiger partial charge < -0.3 is 10.4 Å². The topological polar surface area (TPSA) is 49.3 Å². The fraction of sp³-hybridized carbons (Fsp3) is 0.462. The van der Waals surface area contributed by atoms with Gasteiger partial charge in [-0.05, 0) is 36.8 Å². The van der Waals surface area contributed by atoms with Gasteiger partial charge >= 0.3 is 5.97 Å². The molecule has 5 heteroatoms. The second-order valence-electron chi connectivity index (χ2n) is 4.79. The monoisotopic (exact) mass is 255 g/mol. The first-order valence-corrected chi connectivity index (χ1v) is 5.96. The SMILES string of the molecule is CC(CNc1ccc(C(=O)O)c(F)c1F)C1CC1. The molecular formula is C13H15F2NO2. The maximum atomic E-state index is 13.6. The summed E-state index contributed by atoms with van der Waals surface area (Å²) in [5.74, 6) is -2.83. The van der Waals surface area contributed by atoms with Crippen molar-refractivity contribution in [3.63, 3.8) is 0 Å². The summed E-state index contributed by atoms with van der Waals surface area (Å²) in [6.45, 7) is 2.62. The second kappa shape index (κ2) is 4.92. The van der Waals surface area contributed by atoms with Crippen LogP contribution in [0, 0.1) is 23.5 Å². The Balaban J connectivity index is 2.08. The molecule has 0 spiro atoms. The van der Waals surface area contributed by atoms with Crippen LogP contribution in [0.4, 0.5) is 14.5 Å². The molecule has 18 heavy (non-hydrogen) atoms. The molecule has 0 heterocycles. The third-order valence-electron chi connectivity index (χ3n) is 3.35. The summed E-state index contributed by atoms with van der Waals surface area (Å²) in [6, 6.07) is 2.34. The van der Waals surface area contributed by atoms with Gasteiger partial charge in [-0.1, -0.05) is 6.92 Å². The van der Waals surface area contributed by atoms with Crippen LogP contribution in [-0.2, 0) is 0 Å². The lowest BCUT2D eigenvalue weighted by atomic mass is 10.1. The summed E-state index contributed by atoms with van der Waals surface area (Å²) in [6.07, 6.45) is 2.38. The van der Waals surface area contributed by atoms with E-state index in [1.54, 1.807) is 0 Å². The number of rotatable bonds is 5. The Morgan fingerprint density at radius 3 is 2.67 bits per heavy atom. The van der Waals surface area contributed by atoms with E-state index in [1.165, 1.54) is 18.9 Å². The Morgan fingerprint density at radius 1 is 1.44 bits per heavy atom. The molecule has 0 amide bonds. The molecule has 0 aliphatic heterocycles. The molecular weight excluding hydrogens is 240 g/mol. The van der Waals surface area contributed by atoms with Crippen LogP contribution in [-0.4, -0.2) is 17.6 Å². The van der Waals surface area contributed by atoms with E-state index in [0.717, 1.165) is 6.07 Å². The van der Waals surface area contributed by atoms with E-state index in [9.17, 15) is 13.6 Å². The average molecular weight is 255 g/mol. The highest BCUT2D eigenvalue weighted by atomic mass is 19.2. The van der Waals surface area contributed by atoms with Crippen molar-refractivity contribution in [3.8, 4) is 0 Å². The van der Waals surface area contributed by atoms with E-state index in [1.807, 2.05) is 0 Å². The minimum absolute atomic E-state index is 0.0185. The van der Waals surface area contributed by atoms with Crippen LogP contribution >= 0.6 is 0 Å². The van der Waals surface area contributed by atoms with E-state index >= 15 is 0 Å². The van der Waals surface area contributed by atoms with Gasteiger partial charge in [0, 0.05) is 6.54 Å². The number of hydrogen-bond acceptors (Lipinski definition) is 2. The summed E-state index contributed by atoms with van der Waals surface area (Å²) in [7, 11) is 0. The zero-order valence-electron chi connectivity index (χ0n) is 10.0. The molecule has 98 valence electrons. The van der Waals surface area contributed by atoms with Crippen molar-refractivity contribution in [1.29, 1.82) is 0 Å². The first kappa shape index (κ1) is 12.8. The molecule has 1 atom stereocenters. The molecule has 0 bridgehead atoms. The fourth-order valence-corrected chi connectivity index (χ4v) is 1.95. The normalized spacial score (nSPS) is 16.4. The van der Waals surface area contributed by atoms with E-state index < -0.39 is 23.2 Å². The van der Waals surface area contributed by atoms with Gasteiger partial charge in [0.15, 0.2) is 11.6 Å². The highest BCUT2D eigenvalue weighted by Gasteiger charge is 2.28. The van der Waals surface area contributed by atoms with Crippen LogP contribution in [0.15, 0.2) is 12.1 Å². The first-order chi connectivity index (χ1) is 8.50. The van der Waals surface area contributed by atoms with Crippen LogP contribution in [0.1, 0.15) is 30.1 Å². The lowest BCUT2D eigenvalue weighted by molar-refractivity contribution is 0.0690. The number of aromatic carboxylic acids is 1. The minimum atomic E-state index is -1.47. The van der Waals surface area contributed by atoms with Gasteiger partial charge in [-0.15, -0.1) is 0 Å². The zero-order valence-corrected chi connectivity index (χ0v) is 10.0. The van der Waals surface area contributed by atoms with Crippen molar-refractivity contribution in [3.05, 3.63) is 29.3 Å². The molecule has 1 aromatic rings. The summed E-state index contributed by atoms with van der Waals surface area (Å²) >= 11 is 0. The zero-order chi connectivity index (χ0) is 13.3. The number of nitrogens with one attached hydrogen (secondary N) is 1. The van der Waals surface area contributed by atoms with Gasteiger partial charge in [0.25, 0.3) is 0 Å². The standard InChI is InChI=1S/C13H15F2NO2/c1-7(8-2-3-8)6-16-10-5-4-9(13(17)18)11(14)12(10)15/h4-5,7-8,16H,2-3,6H2,1H3,(H,17,18). The smallest absolute Gasteiger partial charge is 0.338 e. The molecule has 0 aromatic heterocycles. The first-order valence-electron chi connectivity index (χ1n) is 5.96. The van der Waals surface area contributed by atoms with Crippen LogP contribution < -0.4 is 5.32 Å². The molecule has 1 aliphatic rings. The highest BCUT2D eigenvalue weighted by Crippen LogP contribution is 2.36. The lowest BCUT2D eigenvalue weighted by Crippen LogP contribution is -2.15. The number of carbonyl (C=O) groups is 1. The minimum Gasteiger partial charge on any atom is -0.478 e. The van der Waals surface area contributed by atoms with Gasteiger partial charge in [0.05, 0.1) is 11.3 Å². The number of carboxylic acid groups (broad SMARTS) is 1. The van der Waals surface area contributed by atoms with E-state index in [2.05, 4.69) is 12.2 Å². The molecule has 1 aliphatic carbocycles. The van der Waals surface area contributed by atoms with Crippen molar-refractivity contribution in [2.24, 2.45) is 11.8 Å². The Labute approximate surface area is 104 Å². The van der Waals surface area contributed by atoms with Crippen LogP contribution in [0.25, 0.3) is 0 Å². The molecule has 1 aromatic carbocycles. The predicted octanol–water partition coefficient (Wildman–Crippen LogP) is 3.12. The second-order valence-corrected chi connectivity index (χ2v) is 4.79. The van der Waals surface area contributed by atoms with Crippen molar-refractivity contribution >= 4 is 11.7 Å². The molecule has 1 unspecified atom stereocenters. The Morgan fingerprint density at radius 2 is 2.11 bits per heavy atom.